The fraction of sp³-hybridized carbons (Fsp3) is 0.667. The Hall–Kier alpha value is -1.32. The summed E-state index contributed by atoms with van der Waals surface area (Å²) in [6.07, 6.45) is 6.97. The van der Waals surface area contributed by atoms with Gasteiger partial charge in [0, 0.05) is 19.3 Å². The van der Waals surface area contributed by atoms with E-state index in [0.29, 0.717) is 12.0 Å². The molecule has 0 aromatic carbocycles. The summed E-state index contributed by atoms with van der Waals surface area (Å²) in [6.45, 7) is 2.33. The average molecular weight is 220 g/mol. The smallest absolute Gasteiger partial charge is 0.224 e. The quantitative estimate of drug-likeness (QED) is 0.821. The molecule has 16 heavy (non-hydrogen) atoms. The SMILES string of the molecule is CNc1nccc(NC2CCCC(C)C2)n1. The molecule has 1 saturated carbocycles. The third kappa shape index (κ3) is 2.84. The van der Waals surface area contributed by atoms with Gasteiger partial charge in [0.05, 0.1) is 0 Å². The van der Waals surface area contributed by atoms with E-state index in [2.05, 4.69) is 27.5 Å². The van der Waals surface area contributed by atoms with Gasteiger partial charge < -0.3 is 10.6 Å². The third-order valence-corrected chi connectivity index (χ3v) is 3.17. The summed E-state index contributed by atoms with van der Waals surface area (Å²) in [5.41, 5.74) is 0. The molecule has 2 N–H and O–H groups in total. The zero-order valence-electron chi connectivity index (χ0n) is 10.0. The molecular formula is C12H20N4. The summed E-state index contributed by atoms with van der Waals surface area (Å²) in [7, 11) is 1.84. The van der Waals surface area contributed by atoms with Crippen LogP contribution in [0.1, 0.15) is 32.6 Å². The summed E-state index contributed by atoms with van der Waals surface area (Å²) in [5.74, 6) is 2.43. The summed E-state index contributed by atoms with van der Waals surface area (Å²) in [6, 6.07) is 2.50. The van der Waals surface area contributed by atoms with Gasteiger partial charge in [0.15, 0.2) is 0 Å². The molecule has 0 radical (unpaired) electrons. The first-order valence-electron chi connectivity index (χ1n) is 6.05. The molecule has 1 aromatic heterocycles. The maximum atomic E-state index is 4.38. The van der Waals surface area contributed by atoms with Crippen molar-refractivity contribution in [3.8, 4) is 0 Å². The van der Waals surface area contributed by atoms with Crippen molar-refractivity contribution in [1.82, 2.24) is 9.97 Å². The highest BCUT2D eigenvalue weighted by atomic mass is 15.1. The van der Waals surface area contributed by atoms with E-state index in [9.17, 15) is 0 Å². The van der Waals surface area contributed by atoms with Gasteiger partial charge in [-0.05, 0) is 24.8 Å². The molecule has 1 aliphatic carbocycles. The Labute approximate surface area is 96.9 Å². The van der Waals surface area contributed by atoms with E-state index in [1.807, 2.05) is 13.1 Å². The van der Waals surface area contributed by atoms with Crippen LogP contribution in [0.25, 0.3) is 0 Å². The molecule has 0 bridgehead atoms. The molecule has 0 spiro atoms. The van der Waals surface area contributed by atoms with Crippen molar-refractivity contribution in [3.05, 3.63) is 12.3 Å². The topological polar surface area (TPSA) is 49.8 Å². The molecule has 1 fully saturated rings. The monoisotopic (exact) mass is 220 g/mol. The predicted molar refractivity (Wildman–Crippen MR) is 66.6 cm³/mol. The average Bonchev–Trinajstić information content (AvgIpc) is 2.29. The van der Waals surface area contributed by atoms with E-state index in [1.165, 1.54) is 25.7 Å². The Balaban J connectivity index is 1.97. The summed E-state index contributed by atoms with van der Waals surface area (Å²) >= 11 is 0. The Kier molecular flexibility index (Phi) is 3.59. The first-order chi connectivity index (χ1) is 7.78. The van der Waals surface area contributed by atoms with Crippen molar-refractivity contribution in [2.75, 3.05) is 17.7 Å². The second-order valence-corrected chi connectivity index (χ2v) is 4.63. The van der Waals surface area contributed by atoms with E-state index in [0.717, 1.165) is 11.7 Å². The van der Waals surface area contributed by atoms with E-state index in [4.69, 9.17) is 0 Å². The number of rotatable bonds is 3. The van der Waals surface area contributed by atoms with Crippen molar-refractivity contribution in [1.29, 1.82) is 0 Å². The maximum Gasteiger partial charge on any atom is 0.224 e. The predicted octanol–water partition coefficient (Wildman–Crippen LogP) is 2.51. The Bertz CT molecular complexity index is 340. The number of nitrogens with one attached hydrogen (secondary N) is 2. The lowest BCUT2D eigenvalue weighted by Gasteiger charge is -2.27. The first kappa shape index (κ1) is 11.2. The number of hydrogen-bond acceptors (Lipinski definition) is 4. The second-order valence-electron chi connectivity index (χ2n) is 4.63. The van der Waals surface area contributed by atoms with E-state index >= 15 is 0 Å². The lowest BCUT2D eigenvalue weighted by molar-refractivity contribution is 0.358. The van der Waals surface area contributed by atoms with Crippen molar-refractivity contribution in [3.63, 3.8) is 0 Å². The number of nitrogens with zero attached hydrogens (tertiary/aromatic N) is 2. The minimum Gasteiger partial charge on any atom is -0.367 e. The lowest BCUT2D eigenvalue weighted by atomic mass is 9.87. The molecular weight excluding hydrogens is 200 g/mol. The van der Waals surface area contributed by atoms with Crippen molar-refractivity contribution in [2.24, 2.45) is 5.92 Å². The molecule has 2 rings (SSSR count). The van der Waals surface area contributed by atoms with E-state index < -0.39 is 0 Å². The number of hydrogen-bond donors (Lipinski definition) is 2. The molecule has 2 unspecified atom stereocenters. The van der Waals surface area contributed by atoms with Gasteiger partial charge in [-0.1, -0.05) is 19.8 Å². The van der Waals surface area contributed by atoms with Crippen LogP contribution in [0, 0.1) is 5.92 Å². The van der Waals surface area contributed by atoms with Crippen LogP contribution in [-0.4, -0.2) is 23.1 Å². The highest BCUT2D eigenvalue weighted by molar-refractivity contribution is 5.40. The van der Waals surface area contributed by atoms with Crippen LogP contribution in [0.3, 0.4) is 0 Å². The number of aromatic nitrogens is 2. The fourth-order valence-electron chi connectivity index (χ4n) is 2.33. The van der Waals surface area contributed by atoms with Crippen LogP contribution in [0.2, 0.25) is 0 Å². The zero-order chi connectivity index (χ0) is 11.4. The molecule has 1 aromatic rings. The van der Waals surface area contributed by atoms with Crippen LogP contribution in [0.5, 0.6) is 0 Å². The molecule has 1 aliphatic rings. The minimum atomic E-state index is 0.573. The first-order valence-corrected chi connectivity index (χ1v) is 6.05. The van der Waals surface area contributed by atoms with Gasteiger partial charge in [0.25, 0.3) is 0 Å². The van der Waals surface area contributed by atoms with Gasteiger partial charge in [0.1, 0.15) is 5.82 Å². The van der Waals surface area contributed by atoms with Crippen LogP contribution < -0.4 is 10.6 Å². The molecule has 88 valence electrons. The molecule has 0 saturated heterocycles. The Morgan fingerprint density at radius 3 is 3.00 bits per heavy atom. The Morgan fingerprint density at radius 2 is 2.25 bits per heavy atom. The molecule has 1 heterocycles. The summed E-state index contributed by atoms with van der Waals surface area (Å²) < 4.78 is 0. The summed E-state index contributed by atoms with van der Waals surface area (Å²) in [5, 5.41) is 6.45. The zero-order valence-corrected chi connectivity index (χ0v) is 10.0. The highest BCUT2D eigenvalue weighted by Crippen LogP contribution is 2.25. The third-order valence-electron chi connectivity index (χ3n) is 3.17. The fourth-order valence-corrected chi connectivity index (χ4v) is 2.33. The minimum absolute atomic E-state index is 0.573. The van der Waals surface area contributed by atoms with Crippen molar-refractivity contribution in [2.45, 2.75) is 38.6 Å². The van der Waals surface area contributed by atoms with Crippen LogP contribution >= 0.6 is 0 Å². The lowest BCUT2D eigenvalue weighted by Crippen LogP contribution is -2.26. The largest absolute Gasteiger partial charge is 0.367 e. The maximum absolute atomic E-state index is 4.38. The van der Waals surface area contributed by atoms with Gasteiger partial charge in [-0.2, -0.15) is 4.98 Å². The van der Waals surface area contributed by atoms with Crippen LogP contribution in [0.4, 0.5) is 11.8 Å². The van der Waals surface area contributed by atoms with Gasteiger partial charge in [-0.25, -0.2) is 4.98 Å². The standard InChI is InChI=1S/C12H20N4/c1-9-4-3-5-10(8-9)15-11-6-7-14-12(13-2)16-11/h6-7,9-10H,3-5,8H2,1-2H3,(H2,13,14,15,16). The van der Waals surface area contributed by atoms with Gasteiger partial charge >= 0.3 is 0 Å². The molecule has 0 aliphatic heterocycles. The van der Waals surface area contributed by atoms with Gasteiger partial charge in [-0.15, -0.1) is 0 Å². The number of anilines is 2. The van der Waals surface area contributed by atoms with E-state index in [-0.39, 0.29) is 0 Å². The van der Waals surface area contributed by atoms with Crippen LogP contribution in [0.15, 0.2) is 12.3 Å². The molecule has 4 heteroatoms. The molecule has 4 nitrogen and oxygen atoms in total. The molecule has 2 atom stereocenters. The van der Waals surface area contributed by atoms with Crippen molar-refractivity contribution < 1.29 is 0 Å². The van der Waals surface area contributed by atoms with Gasteiger partial charge in [0.2, 0.25) is 5.95 Å². The second kappa shape index (κ2) is 5.14. The summed E-state index contributed by atoms with van der Waals surface area (Å²) in [4.78, 5) is 8.48. The normalized spacial score (nSPS) is 25.1. The van der Waals surface area contributed by atoms with E-state index in [1.54, 1.807) is 6.20 Å². The Morgan fingerprint density at radius 1 is 1.38 bits per heavy atom. The van der Waals surface area contributed by atoms with Gasteiger partial charge in [-0.3, -0.25) is 0 Å². The molecule has 0 amide bonds. The van der Waals surface area contributed by atoms with Crippen molar-refractivity contribution >= 4 is 11.8 Å². The highest BCUT2D eigenvalue weighted by Gasteiger charge is 2.18. The van der Waals surface area contributed by atoms with Crippen LogP contribution in [-0.2, 0) is 0 Å².